The first kappa shape index (κ1) is 17.4. The molecule has 5 nitrogen and oxygen atoms in total. The Morgan fingerprint density at radius 2 is 1.85 bits per heavy atom. The molecule has 0 saturated carbocycles. The smallest absolute Gasteiger partial charge is 0.275 e. The Kier molecular flexibility index (Phi) is 4.06. The molecular formula is C21H20FN3O2. The highest BCUT2D eigenvalue weighted by molar-refractivity contribution is 6.47. The summed E-state index contributed by atoms with van der Waals surface area (Å²) in [5.41, 5.74) is 2.02. The maximum absolute atomic E-state index is 13.2. The summed E-state index contributed by atoms with van der Waals surface area (Å²) in [6.45, 7) is 4.17. The van der Waals surface area contributed by atoms with E-state index in [2.05, 4.69) is 4.99 Å². The number of benzene rings is 2. The zero-order valence-corrected chi connectivity index (χ0v) is 15.3. The van der Waals surface area contributed by atoms with Crippen LogP contribution in [0.1, 0.15) is 25.0 Å². The van der Waals surface area contributed by atoms with Crippen LogP contribution in [0.5, 0.6) is 0 Å². The van der Waals surface area contributed by atoms with Crippen molar-refractivity contribution in [1.29, 1.82) is 0 Å². The molecule has 138 valence electrons. The van der Waals surface area contributed by atoms with Gasteiger partial charge in [0, 0.05) is 17.8 Å². The summed E-state index contributed by atoms with van der Waals surface area (Å²) in [5, 5.41) is 0. The molecule has 2 aromatic rings. The van der Waals surface area contributed by atoms with Gasteiger partial charge in [0.05, 0.1) is 0 Å². The number of rotatable bonds is 3. The van der Waals surface area contributed by atoms with E-state index in [0.717, 1.165) is 17.7 Å². The largest absolute Gasteiger partial charge is 0.310 e. The molecule has 27 heavy (non-hydrogen) atoms. The Morgan fingerprint density at radius 1 is 1.15 bits per heavy atom. The molecule has 0 N–H and O–H groups in total. The van der Waals surface area contributed by atoms with Gasteiger partial charge in [-0.25, -0.2) is 4.39 Å². The van der Waals surface area contributed by atoms with Gasteiger partial charge >= 0.3 is 0 Å². The van der Waals surface area contributed by atoms with E-state index < -0.39 is 5.66 Å². The molecule has 0 spiro atoms. The predicted molar refractivity (Wildman–Crippen MR) is 101 cm³/mol. The van der Waals surface area contributed by atoms with Crippen molar-refractivity contribution < 1.29 is 14.0 Å². The van der Waals surface area contributed by atoms with E-state index in [1.807, 2.05) is 24.3 Å². The lowest BCUT2D eigenvalue weighted by atomic mass is 10.1. The topological polar surface area (TPSA) is 53.0 Å². The van der Waals surface area contributed by atoms with E-state index in [1.54, 1.807) is 18.7 Å². The van der Waals surface area contributed by atoms with E-state index in [1.165, 1.54) is 29.2 Å². The highest BCUT2D eigenvalue weighted by Crippen LogP contribution is 2.30. The molecule has 0 radical (unpaired) electrons. The van der Waals surface area contributed by atoms with Crippen molar-refractivity contribution in [1.82, 2.24) is 4.90 Å². The van der Waals surface area contributed by atoms with Crippen LogP contribution in [0.25, 0.3) is 0 Å². The summed E-state index contributed by atoms with van der Waals surface area (Å²) in [4.78, 5) is 33.6. The van der Waals surface area contributed by atoms with E-state index in [0.29, 0.717) is 12.1 Å². The predicted octanol–water partition coefficient (Wildman–Crippen LogP) is 2.78. The molecule has 0 atom stereocenters. The molecule has 0 unspecified atom stereocenters. The second kappa shape index (κ2) is 6.30. The lowest BCUT2D eigenvalue weighted by Gasteiger charge is -2.30. The van der Waals surface area contributed by atoms with Crippen molar-refractivity contribution in [2.24, 2.45) is 4.99 Å². The van der Waals surface area contributed by atoms with Crippen LogP contribution in [0.2, 0.25) is 0 Å². The number of hydrogen-bond donors (Lipinski definition) is 0. The van der Waals surface area contributed by atoms with E-state index >= 15 is 0 Å². The second-order valence-electron chi connectivity index (χ2n) is 7.28. The number of nitrogens with zero attached hydrogens (tertiary/aromatic N) is 3. The quantitative estimate of drug-likeness (QED) is 0.840. The lowest BCUT2D eigenvalue weighted by molar-refractivity contribution is -0.132. The van der Waals surface area contributed by atoms with Crippen LogP contribution >= 0.6 is 0 Å². The number of carbonyl (C=O) groups excluding carboxylic acids is 2. The number of carbonyl (C=O) groups is 2. The maximum Gasteiger partial charge on any atom is 0.275 e. The summed E-state index contributed by atoms with van der Waals surface area (Å²) in [6.07, 6.45) is 0.816. The van der Waals surface area contributed by atoms with Gasteiger partial charge in [0.25, 0.3) is 5.91 Å². The molecule has 0 fully saturated rings. The highest BCUT2D eigenvalue weighted by Gasteiger charge is 2.42. The van der Waals surface area contributed by atoms with Gasteiger partial charge in [0.15, 0.2) is 0 Å². The minimum absolute atomic E-state index is 0.0473. The number of hydrogen-bond acceptors (Lipinski definition) is 3. The zero-order valence-electron chi connectivity index (χ0n) is 15.3. The Morgan fingerprint density at radius 3 is 2.59 bits per heavy atom. The minimum Gasteiger partial charge on any atom is -0.310 e. The van der Waals surface area contributed by atoms with Crippen LogP contribution in [-0.2, 0) is 16.0 Å². The molecule has 2 aromatic carbocycles. The summed E-state index contributed by atoms with van der Waals surface area (Å²) in [5.74, 6) is -0.812. The number of fused-ring (bicyclic) bond motifs is 1. The van der Waals surface area contributed by atoms with Crippen molar-refractivity contribution in [3.63, 3.8) is 0 Å². The molecule has 0 aliphatic carbocycles. The third-order valence-electron chi connectivity index (χ3n) is 5.09. The first-order valence-electron chi connectivity index (χ1n) is 8.93. The fraction of sp³-hybridized carbons (Fsp3) is 0.286. The monoisotopic (exact) mass is 365 g/mol. The average molecular weight is 365 g/mol. The number of para-hydroxylation sites is 1. The summed E-state index contributed by atoms with van der Waals surface area (Å²) < 4.78 is 13.2. The third-order valence-corrected chi connectivity index (χ3v) is 5.09. The summed E-state index contributed by atoms with van der Waals surface area (Å²) in [6, 6.07) is 13.5. The molecule has 2 aliphatic rings. The van der Waals surface area contributed by atoms with Gasteiger partial charge in [-0.1, -0.05) is 18.2 Å². The van der Waals surface area contributed by atoms with Crippen LogP contribution in [-0.4, -0.2) is 41.2 Å². The standard InChI is InChI=1S/C21H20FN3O2/c1-21(2)23-19(15-7-9-16(22)10-8-15)20(27)25(21)13-18(26)24-12-11-14-5-3-4-6-17(14)24/h3-10H,11-13H2,1-2H3. The molecule has 0 bridgehead atoms. The molecule has 6 heteroatoms. The van der Waals surface area contributed by atoms with E-state index in [-0.39, 0.29) is 29.9 Å². The van der Waals surface area contributed by atoms with Crippen molar-refractivity contribution in [2.45, 2.75) is 25.9 Å². The fourth-order valence-electron chi connectivity index (χ4n) is 3.64. The second-order valence-corrected chi connectivity index (χ2v) is 7.28. The zero-order chi connectivity index (χ0) is 19.2. The Balaban J connectivity index is 1.56. The average Bonchev–Trinajstić information content (AvgIpc) is 3.17. The van der Waals surface area contributed by atoms with Gasteiger partial charge in [0.2, 0.25) is 5.91 Å². The van der Waals surface area contributed by atoms with Crippen LogP contribution in [0.3, 0.4) is 0 Å². The van der Waals surface area contributed by atoms with Crippen LogP contribution in [0.15, 0.2) is 53.5 Å². The highest BCUT2D eigenvalue weighted by atomic mass is 19.1. The number of amides is 2. The molecule has 2 aliphatic heterocycles. The molecule has 2 amide bonds. The molecule has 2 heterocycles. The Labute approximate surface area is 157 Å². The normalized spacial score (nSPS) is 17.9. The Bertz CT molecular complexity index is 950. The molecule has 4 rings (SSSR count). The summed E-state index contributed by atoms with van der Waals surface area (Å²) in [7, 11) is 0. The van der Waals surface area contributed by atoms with Gasteiger partial charge in [-0.05, 0) is 56.2 Å². The van der Waals surface area contributed by atoms with Crippen LogP contribution in [0.4, 0.5) is 10.1 Å². The molecule has 0 aromatic heterocycles. The van der Waals surface area contributed by atoms with Gasteiger partial charge in [-0.3, -0.25) is 14.6 Å². The first-order valence-corrected chi connectivity index (χ1v) is 8.93. The number of anilines is 1. The van der Waals surface area contributed by atoms with Crippen molar-refractivity contribution >= 4 is 23.2 Å². The fourth-order valence-corrected chi connectivity index (χ4v) is 3.64. The molecular weight excluding hydrogens is 345 g/mol. The van der Waals surface area contributed by atoms with Gasteiger partial charge in [-0.15, -0.1) is 0 Å². The number of halogens is 1. The van der Waals surface area contributed by atoms with Crippen LogP contribution < -0.4 is 4.90 Å². The lowest BCUT2D eigenvalue weighted by Crippen LogP contribution is -2.49. The Hall–Kier alpha value is -3.02. The van der Waals surface area contributed by atoms with Gasteiger partial charge in [0.1, 0.15) is 23.7 Å². The van der Waals surface area contributed by atoms with Crippen LogP contribution in [0, 0.1) is 5.82 Å². The number of aliphatic imine (C=N–C) groups is 1. The minimum atomic E-state index is -0.838. The first-order chi connectivity index (χ1) is 12.9. The SMILES string of the molecule is CC1(C)N=C(c2ccc(F)cc2)C(=O)N1CC(=O)N1CCc2ccccc21. The third kappa shape index (κ3) is 3.01. The van der Waals surface area contributed by atoms with Crippen molar-refractivity contribution in [3.8, 4) is 0 Å². The summed E-state index contributed by atoms with van der Waals surface area (Å²) >= 11 is 0. The van der Waals surface area contributed by atoms with Gasteiger partial charge < -0.3 is 9.80 Å². The van der Waals surface area contributed by atoms with E-state index in [9.17, 15) is 14.0 Å². The van der Waals surface area contributed by atoms with Crippen molar-refractivity contribution in [3.05, 3.63) is 65.5 Å². The van der Waals surface area contributed by atoms with E-state index in [4.69, 9.17) is 0 Å². The molecule has 0 saturated heterocycles. The maximum atomic E-state index is 13.2. The van der Waals surface area contributed by atoms with Crippen molar-refractivity contribution in [2.75, 3.05) is 18.0 Å². The van der Waals surface area contributed by atoms with Gasteiger partial charge in [-0.2, -0.15) is 0 Å².